The molecule has 19 heavy (non-hydrogen) atoms. The van der Waals surface area contributed by atoms with Crippen molar-refractivity contribution < 1.29 is 19.8 Å². The minimum atomic E-state index is -1.20. The number of benzene rings is 1. The van der Waals surface area contributed by atoms with Gasteiger partial charge in [0.15, 0.2) is 0 Å². The fraction of sp³-hybridized carbons (Fsp3) is 0.385. The Balaban J connectivity index is 2.08. The summed E-state index contributed by atoms with van der Waals surface area (Å²) in [4.78, 5) is 24.5. The molecule has 0 atom stereocenters. The average Bonchev–Trinajstić information content (AvgIpc) is 3.14. The van der Waals surface area contributed by atoms with Gasteiger partial charge in [-0.05, 0) is 37.0 Å². The predicted octanol–water partition coefficient (Wildman–Crippen LogP) is 1.96. The lowest BCUT2D eigenvalue weighted by molar-refractivity contribution is 0.0697. The molecule has 0 bridgehead atoms. The van der Waals surface area contributed by atoms with Gasteiger partial charge in [-0.15, -0.1) is 0 Å². The van der Waals surface area contributed by atoms with Crippen LogP contribution in [0.4, 0.5) is 10.5 Å². The zero-order chi connectivity index (χ0) is 14.0. The molecule has 1 saturated carbocycles. The maximum atomic E-state index is 11.9. The molecular weight excluding hydrogens is 248 g/mol. The Morgan fingerprint density at radius 2 is 2.11 bits per heavy atom. The molecule has 1 aromatic rings. The highest BCUT2D eigenvalue weighted by Gasteiger charge is 2.25. The number of aromatic carboxylic acids is 1. The van der Waals surface area contributed by atoms with Gasteiger partial charge in [0.25, 0.3) is 0 Å². The number of aromatic hydroxyl groups is 1. The highest BCUT2D eigenvalue weighted by molar-refractivity contribution is 6.00. The molecule has 0 unspecified atom stereocenters. The van der Waals surface area contributed by atoms with E-state index in [4.69, 9.17) is 5.11 Å². The zero-order valence-corrected chi connectivity index (χ0v) is 10.6. The van der Waals surface area contributed by atoms with Crippen molar-refractivity contribution in [3.05, 3.63) is 23.8 Å². The average molecular weight is 264 g/mol. The van der Waals surface area contributed by atoms with Gasteiger partial charge in [0.1, 0.15) is 5.75 Å². The molecule has 1 aliphatic rings. The summed E-state index contributed by atoms with van der Waals surface area (Å²) in [5, 5.41) is 20.8. The molecule has 1 fully saturated rings. The van der Waals surface area contributed by atoms with Crippen molar-refractivity contribution in [1.82, 2.24) is 4.90 Å². The number of hydrogen-bond donors (Lipinski definition) is 3. The molecular formula is C13H16N2O4. The lowest BCUT2D eigenvalue weighted by atomic mass is 10.1. The van der Waals surface area contributed by atoms with Crippen LogP contribution in [-0.2, 0) is 0 Å². The van der Waals surface area contributed by atoms with Crippen LogP contribution < -0.4 is 5.32 Å². The Hall–Kier alpha value is -2.24. The molecule has 2 amide bonds. The second-order valence-electron chi connectivity index (χ2n) is 4.79. The van der Waals surface area contributed by atoms with Crippen LogP contribution in [0, 0.1) is 5.92 Å². The van der Waals surface area contributed by atoms with E-state index in [1.807, 2.05) is 0 Å². The molecule has 6 heteroatoms. The number of urea groups is 1. The van der Waals surface area contributed by atoms with Gasteiger partial charge in [0.2, 0.25) is 0 Å². The van der Waals surface area contributed by atoms with Crippen LogP contribution in [0.1, 0.15) is 23.2 Å². The van der Waals surface area contributed by atoms with Crippen molar-refractivity contribution in [2.24, 2.45) is 5.92 Å². The molecule has 3 N–H and O–H groups in total. The van der Waals surface area contributed by atoms with E-state index < -0.39 is 5.97 Å². The quantitative estimate of drug-likeness (QED) is 0.725. The summed E-state index contributed by atoms with van der Waals surface area (Å²) in [5.41, 5.74) is 0.0473. The van der Waals surface area contributed by atoms with Crippen molar-refractivity contribution in [2.45, 2.75) is 12.8 Å². The van der Waals surface area contributed by atoms with E-state index in [1.165, 1.54) is 17.0 Å². The Kier molecular flexibility index (Phi) is 3.59. The van der Waals surface area contributed by atoms with Crippen LogP contribution in [0.5, 0.6) is 5.75 Å². The highest BCUT2D eigenvalue weighted by Crippen LogP contribution is 2.29. The van der Waals surface area contributed by atoms with Gasteiger partial charge in [-0.25, -0.2) is 9.59 Å². The van der Waals surface area contributed by atoms with E-state index in [9.17, 15) is 14.7 Å². The first kappa shape index (κ1) is 13.2. The zero-order valence-electron chi connectivity index (χ0n) is 10.6. The lowest BCUT2D eigenvalue weighted by Crippen LogP contribution is -2.33. The SMILES string of the molecule is CN(CC1CC1)C(=O)Nc1ccc(O)cc1C(=O)O. The van der Waals surface area contributed by atoms with Gasteiger partial charge < -0.3 is 20.4 Å². The molecule has 0 aromatic heterocycles. The van der Waals surface area contributed by atoms with E-state index in [-0.39, 0.29) is 23.0 Å². The maximum Gasteiger partial charge on any atom is 0.337 e. The van der Waals surface area contributed by atoms with Crippen molar-refractivity contribution in [1.29, 1.82) is 0 Å². The Morgan fingerprint density at radius 1 is 1.42 bits per heavy atom. The third-order valence-corrected chi connectivity index (χ3v) is 3.05. The molecule has 0 spiro atoms. The van der Waals surface area contributed by atoms with Crippen LogP contribution in [0.3, 0.4) is 0 Å². The number of carbonyl (C=O) groups is 2. The minimum Gasteiger partial charge on any atom is -0.508 e. The van der Waals surface area contributed by atoms with E-state index >= 15 is 0 Å². The molecule has 0 aliphatic heterocycles. The summed E-state index contributed by atoms with van der Waals surface area (Å²) >= 11 is 0. The van der Waals surface area contributed by atoms with Gasteiger partial charge in [0, 0.05) is 13.6 Å². The van der Waals surface area contributed by atoms with Crippen molar-refractivity contribution in [3.63, 3.8) is 0 Å². The standard InChI is InChI=1S/C13H16N2O4/c1-15(7-8-2-3-8)13(19)14-11-5-4-9(16)6-10(11)12(17)18/h4-6,8,16H,2-3,7H2,1H3,(H,14,19)(H,17,18). The van der Waals surface area contributed by atoms with Crippen LogP contribution in [0.2, 0.25) is 0 Å². The predicted molar refractivity (Wildman–Crippen MR) is 69.4 cm³/mol. The molecule has 6 nitrogen and oxygen atoms in total. The van der Waals surface area contributed by atoms with Crippen LogP contribution in [0.25, 0.3) is 0 Å². The molecule has 2 rings (SSSR count). The van der Waals surface area contributed by atoms with Gasteiger partial charge in [-0.3, -0.25) is 0 Å². The molecule has 1 aliphatic carbocycles. The number of carbonyl (C=O) groups excluding carboxylic acids is 1. The first-order valence-electron chi connectivity index (χ1n) is 6.06. The molecule has 0 heterocycles. The maximum absolute atomic E-state index is 11.9. The van der Waals surface area contributed by atoms with Crippen molar-refractivity contribution in [2.75, 3.05) is 18.9 Å². The van der Waals surface area contributed by atoms with Gasteiger partial charge in [-0.2, -0.15) is 0 Å². The number of rotatable bonds is 4. The molecule has 0 saturated heterocycles. The number of phenols is 1. The number of anilines is 1. The van der Waals surface area contributed by atoms with Crippen molar-refractivity contribution >= 4 is 17.7 Å². The van der Waals surface area contributed by atoms with Crippen LogP contribution in [-0.4, -0.2) is 40.7 Å². The number of nitrogens with one attached hydrogen (secondary N) is 1. The Morgan fingerprint density at radius 3 is 2.68 bits per heavy atom. The number of carboxylic acids is 1. The Labute approximate surface area is 110 Å². The monoisotopic (exact) mass is 264 g/mol. The van der Waals surface area contributed by atoms with E-state index in [0.29, 0.717) is 12.5 Å². The minimum absolute atomic E-state index is 0.131. The molecule has 102 valence electrons. The molecule has 0 radical (unpaired) electrons. The normalized spacial score (nSPS) is 13.9. The van der Waals surface area contributed by atoms with E-state index in [2.05, 4.69) is 5.32 Å². The summed E-state index contributed by atoms with van der Waals surface area (Å²) in [6, 6.07) is 3.48. The lowest BCUT2D eigenvalue weighted by Gasteiger charge is -2.18. The summed E-state index contributed by atoms with van der Waals surface area (Å²) in [7, 11) is 1.68. The number of amides is 2. The first-order valence-corrected chi connectivity index (χ1v) is 6.06. The fourth-order valence-corrected chi connectivity index (χ4v) is 1.80. The second-order valence-corrected chi connectivity index (χ2v) is 4.79. The first-order chi connectivity index (χ1) is 8.97. The summed E-state index contributed by atoms with van der Waals surface area (Å²) < 4.78 is 0. The number of phenolic OH excluding ortho intramolecular Hbond substituents is 1. The number of hydrogen-bond acceptors (Lipinski definition) is 3. The smallest absolute Gasteiger partial charge is 0.337 e. The fourth-order valence-electron chi connectivity index (χ4n) is 1.80. The van der Waals surface area contributed by atoms with Crippen LogP contribution in [0.15, 0.2) is 18.2 Å². The van der Waals surface area contributed by atoms with Gasteiger partial charge in [-0.1, -0.05) is 0 Å². The number of nitrogens with zero attached hydrogens (tertiary/aromatic N) is 1. The summed E-state index contributed by atoms with van der Waals surface area (Å²) in [5.74, 6) is -0.785. The molecule has 1 aromatic carbocycles. The summed E-state index contributed by atoms with van der Waals surface area (Å²) in [6.07, 6.45) is 2.27. The Bertz CT molecular complexity index is 511. The van der Waals surface area contributed by atoms with E-state index in [1.54, 1.807) is 7.05 Å². The van der Waals surface area contributed by atoms with Gasteiger partial charge in [0.05, 0.1) is 11.3 Å². The van der Waals surface area contributed by atoms with E-state index in [0.717, 1.165) is 18.9 Å². The third-order valence-electron chi connectivity index (χ3n) is 3.05. The largest absolute Gasteiger partial charge is 0.508 e. The third kappa shape index (κ3) is 3.37. The van der Waals surface area contributed by atoms with Crippen molar-refractivity contribution in [3.8, 4) is 5.75 Å². The van der Waals surface area contributed by atoms with Gasteiger partial charge >= 0.3 is 12.0 Å². The topological polar surface area (TPSA) is 89.9 Å². The summed E-state index contributed by atoms with van der Waals surface area (Å²) in [6.45, 7) is 0.673. The van der Waals surface area contributed by atoms with Crippen LogP contribution >= 0.6 is 0 Å². The highest BCUT2D eigenvalue weighted by atomic mass is 16.4. The number of carboxylic acid groups (broad SMARTS) is 1. The second kappa shape index (κ2) is 5.17.